The van der Waals surface area contributed by atoms with E-state index in [2.05, 4.69) is 0 Å². The molecule has 2 aromatic carbocycles. The summed E-state index contributed by atoms with van der Waals surface area (Å²) in [7, 11) is 3.00. The number of methoxy groups -OCH3 is 2. The topological polar surface area (TPSA) is 85.3 Å². The number of ketones is 1. The van der Waals surface area contributed by atoms with E-state index >= 15 is 0 Å². The number of ether oxygens (including phenoxy) is 3. The van der Waals surface area contributed by atoms with Crippen LogP contribution in [0.5, 0.6) is 17.2 Å². The second-order valence-electron chi connectivity index (χ2n) is 7.80. The number of nitrogens with zero attached hydrogens (tertiary/aromatic N) is 1. The van der Waals surface area contributed by atoms with Gasteiger partial charge >= 0.3 is 0 Å². The molecular formula is C25H29NO6. The van der Waals surface area contributed by atoms with E-state index < -0.39 is 17.7 Å². The summed E-state index contributed by atoms with van der Waals surface area (Å²) in [5.74, 6) is -0.0810. The minimum absolute atomic E-state index is 0.0287. The lowest BCUT2D eigenvalue weighted by Gasteiger charge is -2.25. The molecule has 170 valence electrons. The molecule has 0 saturated carbocycles. The molecule has 1 saturated heterocycles. The van der Waals surface area contributed by atoms with Crippen LogP contribution in [-0.2, 0) is 9.59 Å². The fraction of sp³-hybridized carbons (Fsp3) is 0.360. The van der Waals surface area contributed by atoms with Crippen LogP contribution in [0.3, 0.4) is 0 Å². The van der Waals surface area contributed by atoms with Gasteiger partial charge in [0.1, 0.15) is 11.5 Å². The number of Topliss-reactive ketones (excluding diaryl/α,β-unsaturated/α-hetero) is 1. The maximum absolute atomic E-state index is 13.0. The highest BCUT2D eigenvalue weighted by molar-refractivity contribution is 6.46. The van der Waals surface area contributed by atoms with E-state index in [0.717, 1.165) is 0 Å². The van der Waals surface area contributed by atoms with Gasteiger partial charge in [0.05, 0.1) is 31.9 Å². The van der Waals surface area contributed by atoms with Crippen molar-refractivity contribution in [3.8, 4) is 17.2 Å². The molecule has 0 spiro atoms. The van der Waals surface area contributed by atoms with Gasteiger partial charge in [-0.3, -0.25) is 9.59 Å². The highest BCUT2D eigenvalue weighted by Crippen LogP contribution is 2.41. The van der Waals surface area contributed by atoms with E-state index in [1.807, 2.05) is 39.0 Å². The second kappa shape index (κ2) is 9.77. The van der Waals surface area contributed by atoms with Gasteiger partial charge in [0.15, 0.2) is 11.5 Å². The van der Waals surface area contributed by atoms with E-state index in [1.165, 1.54) is 19.1 Å². The third-order valence-corrected chi connectivity index (χ3v) is 5.21. The zero-order valence-corrected chi connectivity index (χ0v) is 19.0. The number of amides is 1. The van der Waals surface area contributed by atoms with Crippen LogP contribution in [0, 0.1) is 0 Å². The molecule has 1 amide bonds. The summed E-state index contributed by atoms with van der Waals surface area (Å²) in [4.78, 5) is 27.4. The molecule has 1 N–H and O–H groups in total. The number of carbonyl (C=O) groups excluding carboxylic acids is 2. The summed E-state index contributed by atoms with van der Waals surface area (Å²) in [5.41, 5.74) is 1.09. The van der Waals surface area contributed by atoms with E-state index in [9.17, 15) is 14.7 Å². The van der Waals surface area contributed by atoms with E-state index in [1.54, 1.807) is 24.3 Å². The lowest BCUT2D eigenvalue weighted by Crippen LogP contribution is -2.30. The first kappa shape index (κ1) is 23.2. The second-order valence-corrected chi connectivity index (χ2v) is 7.80. The fourth-order valence-electron chi connectivity index (χ4n) is 3.87. The Bertz CT molecular complexity index is 1040. The largest absolute Gasteiger partial charge is 0.507 e. The first-order valence-electron chi connectivity index (χ1n) is 10.6. The number of carbonyl (C=O) groups is 2. The summed E-state index contributed by atoms with van der Waals surface area (Å²) >= 11 is 0. The number of hydrogen-bond acceptors (Lipinski definition) is 6. The number of aliphatic hydroxyl groups excluding tert-OH is 1. The fourth-order valence-corrected chi connectivity index (χ4v) is 3.87. The minimum Gasteiger partial charge on any atom is -0.507 e. The first-order valence-corrected chi connectivity index (χ1v) is 10.6. The third kappa shape index (κ3) is 4.42. The summed E-state index contributed by atoms with van der Waals surface area (Å²) in [6.45, 7) is 6.16. The molecule has 7 nitrogen and oxygen atoms in total. The Labute approximate surface area is 188 Å². The van der Waals surface area contributed by atoms with Gasteiger partial charge in [0.2, 0.25) is 0 Å². The monoisotopic (exact) mass is 439 g/mol. The van der Waals surface area contributed by atoms with E-state index in [-0.39, 0.29) is 17.4 Å². The van der Waals surface area contributed by atoms with Crippen molar-refractivity contribution in [3.05, 3.63) is 59.2 Å². The molecule has 1 aliphatic rings. The Hall–Kier alpha value is -3.48. The molecule has 3 rings (SSSR count). The number of hydrogen-bond donors (Lipinski definition) is 1. The normalized spacial score (nSPS) is 17.7. The quantitative estimate of drug-likeness (QED) is 0.375. The molecule has 1 unspecified atom stereocenters. The maximum Gasteiger partial charge on any atom is 0.295 e. The zero-order valence-electron chi connectivity index (χ0n) is 19.0. The minimum atomic E-state index is -0.723. The first-order chi connectivity index (χ1) is 15.3. The summed E-state index contributed by atoms with van der Waals surface area (Å²) in [5, 5.41) is 11.2. The van der Waals surface area contributed by atoms with Gasteiger partial charge in [-0.05, 0) is 56.2 Å². The molecule has 0 bridgehead atoms. The van der Waals surface area contributed by atoms with Gasteiger partial charge in [-0.2, -0.15) is 0 Å². The van der Waals surface area contributed by atoms with Crippen LogP contribution in [0.4, 0.5) is 0 Å². The summed E-state index contributed by atoms with van der Waals surface area (Å²) in [6, 6.07) is 11.4. The highest BCUT2D eigenvalue weighted by Gasteiger charge is 2.45. The Morgan fingerprint density at radius 1 is 1.06 bits per heavy atom. The van der Waals surface area contributed by atoms with Crippen molar-refractivity contribution in [3.63, 3.8) is 0 Å². The van der Waals surface area contributed by atoms with Gasteiger partial charge in [-0.1, -0.05) is 19.1 Å². The summed E-state index contributed by atoms with van der Waals surface area (Å²) in [6.07, 6.45) is 0.640. The molecule has 1 atom stereocenters. The van der Waals surface area contributed by atoms with Crippen molar-refractivity contribution in [2.45, 2.75) is 39.3 Å². The van der Waals surface area contributed by atoms with E-state index in [0.29, 0.717) is 41.3 Å². The highest BCUT2D eigenvalue weighted by atomic mass is 16.5. The van der Waals surface area contributed by atoms with Crippen LogP contribution < -0.4 is 14.2 Å². The van der Waals surface area contributed by atoms with Crippen LogP contribution in [0.2, 0.25) is 0 Å². The smallest absolute Gasteiger partial charge is 0.295 e. The molecule has 1 heterocycles. The Balaban J connectivity index is 2.17. The molecule has 1 aliphatic heterocycles. The molecule has 0 aliphatic carbocycles. The van der Waals surface area contributed by atoms with Gasteiger partial charge in [0, 0.05) is 12.1 Å². The SMILES string of the molecule is CCCN1C(=O)C(=O)/C(=C(/O)c2ccc(OC)c(OC)c2)C1c1cccc(OC(C)C)c1. The predicted octanol–water partition coefficient (Wildman–Crippen LogP) is 4.32. The number of benzene rings is 2. The van der Waals surface area contributed by atoms with Crippen LogP contribution >= 0.6 is 0 Å². The predicted molar refractivity (Wildman–Crippen MR) is 121 cm³/mol. The van der Waals surface area contributed by atoms with Gasteiger partial charge in [-0.25, -0.2) is 0 Å². The molecule has 1 fully saturated rings. The molecule has 2 aromatic rings. The number of likely N-dealkylation sites (tertiary alicyclic amines) is 1. The average molecular weight is 440 g/mol. The van der Waals surface area contributed by atoms with Gasteiger partial charge < -0.3 is 24.2 Å². The summed E-state index contributed by atoms with van der Waals surface area (Å²) < 4.78 is 16.4. The van der Waals surface area contributed by atoms with Crippen molar-refractivity contribution < 1.29 is 28.9 Å². The number of aliphatic hydroxyl groups is 1. The van der Waals surface area contributed by atoms with Crippen LogP contribution in [-0.4, -0.2) is 48.6 Å². The Morgan fingerprint density at radius 3 is 2.41 bits per heavy atom. The van der Waals surface area contributed by atoms with Crippen molar-refractivity contribution >= 4 is 17.4 Å². The van der Waals surface area contributed by atoms with Crippen molar-refractivity contribution in [2.24, 2.45) is 0 Å². The Morgan fingerprint density at radius 2 is 1.78 bits per heavy atom. The van der Waals surface area contributed by atoms with Crippen LogP contribution in [0.25, 0.3) is 5.76 Å². The van der Waals surface area contributed by atoms with Crippen LogP contribution in [0.15, 0.2) is 48.0 Å². The maximum atomic E-state index is 13.0. The number of rotatable bonds is 8. The van der Waals surface area contributed by atoms with Crippen LogP contribution in [0.1, 0.15) is 44.4 Å². The molecule has 0 radical (unpaired) electrons. The molecule has 32 heavy (non-hydrogen) atoms. The van der Waals surface area contributed by atoms with Gasteiger partial charge in [-0.15, -0.1) is 0 Å². The molecular weight excluding hydrogens is 410 g/mol. The van der Waals surface area contributed by atoms with E-state index in [4.69, 9.17) is 14.2 Å². The third-order valence-electron chi connectivity index (χ3n) is 5.21. The van der Waals surface area contributed by atoms with Crippen molar-refractivity contribution in [1.82, 2.24) is 4.90 Å². The lowest BCUT2D eigenvalue weighted by molar-refractivity contribution is -0.139. The molecule has 7 heteroatoms. The zero-order chi connectivity index (χ0) is 23.4. The van der Waals surface area contributed by atoms with Crippen molar-refractivity contribution in [1.29, 1.82) is 0 Å². The average Bonchev–Trinajstić information content (AvgIpc) is 3.03. The molecule has 0 aromatic heterocycles. The van der Waals surface area contributed by atoms with Crippen molar-refractivity contribution in [2.75, 3.05) is 20.8 Å². The van der Waals surface area contributed by atoms with Gasteiger partial charge in [0.25, 0.3) is 11.7 Å². The lowest BCUT2D eigenvalue weighted by atomic mass is 9.95. The Kier molecular flexibility index (Phi) is 7.08. The standard InChI is InChI=1S/C25H29NO6/c1-6-12-26-22(16-8-7-9-18(13-16)32-15(2)3)21(24(28)25(26)29)23(27)17-10-11-19(30-4)20(14-17)31-5/h7-11,13-15,22,27H,6,12H2,1-5H3/b23-21+.